The number of methoxy groups -OCH3 is 1. The van der Waals surface area contributed by atoms with E-state index in [2.05, 4.69) is 0 Å². The molecule has 7 nitrogen and oxygen atoms in total. The second-order valence-electron chi connectivity index (χ2n) is 4.37. The van der Waals surface area contributed by atoms with E-state index in [1.165, 1.54) is 19.2 Å². The molecule has 1 aromatic carbocycles. The van der Waals surface area contributed by atoms with Gasteiger partial charge in [0.25, 0.3) is 5.69 Å². The van der Waals surface area contributed by atoms with E-state index in [9.17, 15) is 14.9 Å². The molecule has 7 heteroatoms. The van der Waals surface area contributed by atoms with Crippen molar-refractivity contribution in [3.63, 3.8) is 0 Å². The van der Waals surface area contributed by atoms with E-state index >= 15 is 0 Å². The molecular formula is C13H15NO6. The van der Waals surface area contributed by atoms with Crippen LogP contribution in [0.3, 0.4) is 0 Å². The van der Waals surface area contributed by atoms with Crippen LogP contribution in [-0.4, -0.2) is 37.6 Å². The van der Waals surface area contributed by atoms with Gasteiger partial charge in [0.1, 0.15) is 6.10 Å². The fourth-order valence-electron chi connectivity index (χ4n) is 2.04. The van der Waals surface area contributed by atoms with Crippen LogP contribution in [0.15, 0.2) is 12.1 Å². The number of carbonyl (C=O) groups excluding carboxylic acids is 1. The lowest BCUT2D eigenvalue weighted by Gasteiger charge is -2.24. The summed E-state index contributed by atoms with van der Waals surface area (Å²) in [5.41, 5.74) is -0.325. The van der Waals surface area contributed by atoms with Gasteiger partial charge in [-0.1, -0.05) is 0 Å². The zero-order valence-corrected chi connectivity index (χ0v) is 11.0. The van der Waals surface area contributed by atoms with Crippen molar-refractivity contribution in [2.24, 2.45) is 0 Å². The Balaban J connectivity index is 2.32. The van der Waals surface area contributed by atoms with Crippen LogP contribution in [0.2, 0.25) is 0 Å². The van der Waals surface area contributed by atoms with E-state index in [4.69, 9.17) is 14.2 Å². The molecule has 0 aliphatic carbocycles. The molecule has 1 aromatic rings. The Bertz CT molecular complexity index is 510. The molecule has 0 saturated carbocycles. The summed E-state index contributed by atoms with van der Waals surface area (Å²) < 4.78 is 16.1. The van der Waals surface area contributed by atoms with Crippen molar-refractivity contribution in [3.8, 4) is 11.5 Å². The lowest BCUT2D eigenvalue weighted by Crippen LogP contribution is -2.26. The number of benzene rings is 1. The third-order valence-electron chi connectivity index (χ3n) is 3.10. The van der Waals surface area contributed by atoms with Gasteiger partial charge in [-0.15, -0.1) is 0 Å². The molecule has 1 heterocycles. The van der Waals surface area contributed by atoms with E-state index in [0.717, 1.165) is 0 Å². The first-order chi connectivity index (χ1) is 9.65. The van der Waals surface area contributed by atoms with E-state index in [1.807, 2.05) is 0 Å². The molecule has 0 aromatic heterocycles. The van der Waals surface area contributed by atoms with Gasteiger partial charge in [0.05, 0.1) is 36.9 Å². The fraction of sp³-hybridized carbons (Fsp3) is 0.462. The molecule has 0 unspecified atom stereocenters. The van der Waals surface area contributed by atoms with Crippen molar-refractivity contribution >= 4 is 12.0 Å². The van der Waals surface area contributed by atoms with Gasteiger partial charge >= 0.3 is 0 Å². The Morgan fingerprint density at radius 1 is 1.35 bits per heavy atom. The number of hydrogen-bond acceptors (Lipinski definition) is 6. The average Bonchev–Trinajstić information content (AvgIpc) is 2.47. The molecule has 0 atom stereocenters. The zero-order chi connectivity index (χ0) is 14.5. The van der Waals surface area contributed by atoms with E-state index in [0.29, 0.717) is 38.1 Å². The second kappa shape index (κ2) is 6.33. The van der Waals surface area contributed by atoms with Gasteiger partial charge in [0.2, 0.25) is 0 Å². The van der Waals surface area contributed by atoms with E-state index < -0.39 is 4.92 Å². The highest BCUT2D eigenvalue weighted by molar-refractivity contribution is 5.83. The maximum absolute atomic E-state index is 11.0. The molecular weight excluding hydrogens is 266 g/mol. The molecule has 0 bridgehead atoms. The monoisotopic (exact) mass is 281 g/mol. The largest absolute Gasteiger partial charge is 0.493 e. The van der Waals surface area contributed by atoms with Crippen LogP contribution in [0.4, 0.5) is 5.69 Å². The summed E-state index contributed by atoms with van der Waals surface area (Å²) in [5.74, 6) is 0.584. The summed E-state index contributed by atoms with van der Waals surface area (Å²) in [6, 6.07) is 2.55. The Hall–Kier alpha value is -2.15. The van der Waals surface area contributed by atoms with Crippen LogP contribution in [0.5, 0.6) is 11.5 Å². The van der Waals surface area contributed by atoms with E-state index in [-0.39, 0.29) is 23.1 Å². The van der Waals surface area contributed by atoms with Crippen molar-refractivity contribution in [2.45, 2.75) is 18.9 Å². The van der Waals surface area contributed by atoms with Crippen LogP contribution < -0.4 is 9.47 Å². The predicted octanol–water partition coefficient (Wildman–Crippen LogP) is 1.97. The summed E-state index contributed by atoms with van der Waals surface area (Å²) in [6.45, 7) is 1.20. The highest BCUT2D eigenvalue weighted by Crippen LogP contribution is 2.35. The Labute approximate surface area is 115 Å². The Kier molecular flexibility index (Phi) is 4.52. The topological polar surface area (TPSA) is 87.9 Å². The average molecular weight is 281 g/mol. The Morgan fingerprint density at radius 2 is 2.05 bits per heavy atom. The van der Waals surface area contributed by atoms with Crippen molar-refractivity contribution < 1.29 is 23.9 Å². The molecule has 2 rings (SSSR count). The molecule has 20 heavy (non-hydrogen) atoms. The number of aldehydes is 1. The minimum Gasteiger partial charge on any atom is -0.493 e. The molecule has 1 aliphatic heterocycles. The lowest BCUT2D eigenvalue weighted by atomic mass is 10.1. The molecule has 0 radical (unpaired) electrons. The van der Waals surface area contributed by atoms with Crippen LogP contribution in [0.25, 0.3) is 0 Å². The third kappa shape index (κ3) is 3.05. The summed E-state index contributed by atoms with van der Waals surface area (Å²) >= 11 is 0. The maximum atomic E-state index is 11.0. The molecule has 0 amide bonds. The number of rotatable bonds is 5. The molecule has 0 spiro atoms. The highest BCUT2D eigenvalue weighted by Gasteiger charge is 2.22. The summed E-state index contributed by atoms with van der Waals surface area (Å²) in [4.78, 5) is 21.2. The molecule has 1 fully saturated rings. The predicted molar refractivity (Wildman–Crippen MR) is 69.5 cm³/mol. The van der Waals surface area contributed by atoms with Crippen molar-refractivity contribution in [3.05, 3.63) is 27.8 Å². The number of ether oxygens (including phenoxy) is 3. The van der Waals surface area contributed by atoms with Gasteiger partial charge in [0.15, 0.2) is 17.8 Å². The minimum absolute atomic E-state index is 0.0359. The Morgan fingerprint density at radius 3 is 2.60 bits per heavy atom. The number of hydrogen-bond donors (Lipinski definition) is 0. The molecule has 108 valence electrons. The van der Waals surface area contributed by atoms with Crippen LogP contribution in [0, 0.1) is 10.1 Å². The first-order valence-corrected chi connectivity index (χ1v) is 6.21. The van der Waals surface area contributed by atoms with Gasteiger partial charge in [-0.25, -0.2) is 0 Å². The van der Waals surface area contributed by atoms with Crippen molar-refractivity contribution in [1.82, 2.24) is 0 Å². The first kappa shape index (κ1) is 14.3. The zero-order valence-electron chi connectivity index (χ0n) is 11.0. The van der Waals surface area contributed by atoms with Gasteiger partial charge < -0.3 is 14.2 Å². The van der Waals surface area contributed by atoms with Crippen molar-refractivity contribution in [2.75, 3.05) is 20.3 Å². The van der Waals surface area contributed by atoms with Crippen LogP contribution in [-0.2, 0) is 4.74 Å². The highest BCUT2D eigenvalue weighted by atomic mass is 16.6. The van der Waals surface area contributed by atoms with Gasteiger partial charge in [0, 0.05) is 18.9 Å². The van der Waals surface area contributed by atoms with Gasteiger partial charge in [-0.05, 0) is 0 Å². The smallest absolute Gasteiger partial charge is 0.283 e. The third-order valence-corrected chi connectivity index (χ3v) is 3.10. The second-order valence-corrected chi connectivity index (χ2v) is 4.37. The summed E-state index contributed by atoms with van der Waals surface area (Å²) in [5, 5.41) is 11.0. The molecule has 1 aliphatic rings. The molecule has 0 N–H and O–H groups in total. The number of nitro benzene ring substituents is 1. The minimum atomic E-state index is -0.611. The normalized spacial score (nSPS) is 15.7. The SMILES string of the molecule is COc1cc(C=O)c([N+](=O)[O-])cc1OC1CCOCC1. The maximum Gasteiger partial charge on any atom is 0.283 e. The first-order valence-electron chi connectivity index (χ1n) is 6.21. The number of nitrogens with zero attached hydrogens (tertiary/aromatic N) is 1. The fourth-order valence-corrected chi connectivity index (χ4v) is 2.04. The van der Waals surface area contributed by atoms with Crippen molar-refractivity contribution in [1.29, 1.82) is 0 Å². The number of carbonyl (C=O) groups is 1. The van der Waals surface area contributed by atoms with Gasteiger partial charge in [-0.2, -0.15) is 0 Å². The van der Waals surface area contributed by atoms with Crippen LogP contribution in [0.1, 0.15) is 23.2 Å². The van der Waals surface area contributed by atoms with Gasteiger partial charge in [-0.3, -0.25) is 14.9 Å². The van der Waals surface area contributed by atoms with Crippen LogP contribution >= 0.6 is 0 Å². The molecule has 1 saturated heterocycles. The summed E-state index contributed by atoms with van der Waals surface area (Å²) in [6.07, 6.45) is 1.79. The van der Waals surface area contributed by atoms with E-state index in [1.54, 1.807) is 0 Å². The quantitative estimate of drug-likeness (QED) is 0.466. The number of nitro groups is 1. The summed E-state index contributed by atoms with van der Waals surface area (Å²) in [7, 11) is 1.42. The lowest BCUT2D eigenvalue weighted by molar-refractivity contribution is -0.385. The standard InChI is InChI=1S/C13H15NO6/c1-18-12-6-9(8-15)11(14(16)17)7-13(12)20-10-2-4-19-5-3-10/h6-8,10H,2-5H2,1H3.